The van der Waals surface area contributed by atoms with E-state index in [0.717, 1.165) is 37.4 Å². The van der Waals surface area contributed by atoms with Gasteiger partial charge in [-0.3, -0.25) is 10.1 Å². The zero-order valence-corrected chi connectivity index (χ0v) is 12.9. The maximum absolute atomic E-state index is 10.8. The van der Waals surface area contributed by atoms with Crippen LogP contribution in [-0.2, 0) is 6.54 Å². The first-order valence-electron chi connectivity index (χ1n) is 7.73. The molecule has 1 aliphatic heterocycles. The summed E-state index contributed by atoms with van der Waals surface area (Å²) in [6, 6.07) is 7.40. The van der Waals surface area contributed by atoms with Crippen molar-refractivity contribution in [2.45, 2.75) is 39.3 Å². The zero-order valence-electron chi connectivity index (χ0n) is 12.9. The van der Waals surface area contributed by atoms with Gasteiger partial charge in [0.25, 0.3) is 5.69 Å². The lowest BCUT2D eigenvalue weighted by molar-refractivity contribution is -0.384. The minimum atomic E-state index is -0.339. The fourth-order valence-corrected chi connectivity index (χ4v) is 2.88. The summed E-state index contributed by atoms with van der Waals surface area (Å²) in [6.45, 7) is 8.68. The van der Waals surface area contributed by atoms with Crippen molar-refractivity contribution in [3.63, 3.8) is 0 Å². The smallest absolute Gasteiger partial charge is 0.269 e. The summed E-state index contributed by atoms with van der Waals surface area (Å²) in [5, 5.41) is 14.3. The molecule has 1 fully saturated rings. The van der Waals surface area contributed by atoms with E-state index in [9.17, 15) is 10.1 Å². The van der Waals surface area contributed by atoms with Gasteiger partial charge < -0.3 is 10.2 Å². The van der Waals surface area contributed by atoms with Gasteiger partial charge in [0.15, 0.2) is 0 Å². The maximum atomic E-state index is 10.8. The third-order valence-electron chi connectivity index (χ3n) is 3.93. The molecule has 116 valence electrons. The molecule has 1 aromatic carbocycles. The Morgan fingerprint density at radius 3 is 2.71 bits per heavy atom. The molecule has 1 aliphatic rings. The van der Waals surface area contributed by atoms with E-state index in [2.05, 4.69) is 24.1 Å². The monoisotopic (exact) mass is 291 g/mol. The minimum absolute atomic E-state index is 0.168. The fourth-order valence-electron chi connectivity index (χ4n) is 2.88. The highest BCUT2D eigenvalue weighted by atomic mass is 16.6. The summed E-state index contributed by atoms with van der Waals surface area (Å²) < 4.78 is 0. The number of benzene rings is 1. The Bertz CT molecular complexity index is 468. The normalized spacial score (nSPS) is 17.3. The van der Waals surface area contributed by atoms with Gasteiger partial charge in [0.1, 0.15) is 0 Å². The van der Waals surface area contributed by atoms with Crippen LogP contribution >= 0.6 is 0 Å². The van der Waals surface area contributed by atoms with Crippen LogP contribution < -0.4 is 5.32 Å². The Labute approximate surface area is 126 Å². The van der Waals surface area contributed by atoms with E-state index in [0.29, 0.717) is 12.6 Å². The number of nitro benzene ring substituents is 1. The number of non-ortho nitro benzene ring substituents is 1. The van der Waals surface area contributed by atoms with Gasteiger partial charge >= 0.3 is 0 Å². The van der Waals surface area contributed by atoms with Crippen molar-refractivity contribution in [1.82, 2.24) is 10.2 Å². The number of hydrogen-bond acceptors (Lipinski definition) is 4. The van der Waals surface area contributed by atoms with E-state index in [-0.39, 0.29) is 10.6 Å². The van der Waals surface area contributed by atoms with Gasteiger partial charge in [-0.1, -0.05) is 26.0 Å². The van der Waals surface area contributed by atoms with Crippen molar-refractivity contribution >= 4 is 5.69 Å². The molecule has 0 spiro atoms. The van der Waals surface area contributed by atoms with Gasteiger partial charge in [0.2, 0.25) is 0 Å². The van der Waals surface area contributed by atoms with Gasteiger partial charge in [0, 0.05) is 31.3 Å². The second kappa shape index (κ2) is 7.52. The molecular weight excluding hydrogens is 266 g/mol. The molecule has 1 heterocycles. The molecule has 0 aromatic heterocycles. The highest BCUT2D eigenvalue weighted by Crippen LogP contribution is 2.15. The molecule has 0 radical (unpaired) electrons. The summed E-state index contributed by atoms with van der Waals surface area (Å²) >= 11 is 0. The molecule has 0 amide bonds. The van der Waals surface area contributed by atoms with Crippen LogP contribution in [-0.4, -0.2) is 35.5 Å². The van der Waals surface area contributed by atoms with Crippen LogP contribution in [0.25, 0.3) is 0 Å². The van der Waals surface area contributed by atoms with E-state index in [1.54, 1.807) is 12.1 Å². The summed E-state index contributed by atoms with van der Waals surface area (Å²) in [5.74, 6) is 0.722. The molecular formula is C16H25N3O2. The number of nitro groups is 1. The van der Waals surface area contributed by atoms with Crippen molar-refractivity contribution < 1.29 is 4.92 Å². The molecule has 0 saturated carbocycles. The molecule has 0 aliphatic carbocycles. The average Bonchev–Trinajstić information content (AvgIpc) is 2.46. The van der Waals surface area contributed by atoms with E-state index < -0.39 is 0 Å². The number of likely N-dealkylation sites (tertiary alicyclic amines) is 1. The second-order valence-corrected chi connectivity index (χ2v) is 6.28. The van der Waals surface area contributed by atoms with Crippen LogP contribution in [0.1, 0.15) is 32.3 Å². The number of nitrogens with zero attached hydrogens (tertiary/aromatic N) is 2. The summed E-state index contributed by atoms with van der Waals surface area (Å²) in [5.41, 5.74) is 1.15. The lowest BCUT2D eigenvalue weighted by atomic mass is 10.0. The molecule has 1 aromatic rings. The Hall–Kier alpha value is -1.46. The van der Waals surface area contributed by atoms with E-state index in [1.165, 1.54) is 12.6 Å². The van der Waals surface area contributed by atoms with Gasteiger partial charge in [-0.2, -0.15) is 0 Å². The van der Waals surface area contributed by atoms with E-state index in [1.807, 2.05) is 6.07 Å². The molecule has 1 N–H and O–H groups in total. The van der Waals surface area contributed by atoms with Crippen molar-refractivity contribution in [2.75, 3.05) is 19.6 Å². The number of hydrogen-bond donors (Lipinski definition) is 1. The zero-order chi connectivity index (χ0) is 15.2. The first-order valence-corrected chi connectivity index (χ1v) is 7.73. The lowest BCUT2D eigenvalue weighted by Gasteiger charge is -2.33. The fraction of sp³-hybridized carbons (Fsp3) is 0.625. The summed E-state index contributed by atoms with van der Waals surface area (Å²) in [7, 11) is 0. The Balaban J connectivity index is 1.77. The molecule has 21 heavy (non-hydrogen) atoms. The van der Waals surface area contributed by atoms with Crippen molar-refractivity contribution in [3.8, 4) is 0 Å². The minimum Gasteiger partial charge on any atom is -0.310 e. The van der Waals surface area contributed by atoms with Crippen LogP contribution in [0.4, 0.5) is 5.69 Å². The second-order valence-electron chi connectivity index (χ2n) is 6.28. The van der Waals surface area contributed by atoms with Crippen LogP contribution in [0.5, 0.6) is 0 Å². The summed E-state index contributed by atoms with van der Waals surface area (Å²) in [6.07, 6.45) is 2.31. The first-order chi connectivity index (χ1) is 10.0. The predicted molar refractivity (Wildman–Crippen MR) is 84.2 cm³/mol. The van der Waals surface area contributed by atoms with Crippen LogP contribution in [0, 0.1) is 16.0 Å². The van der Waals surface area contributed by atoms with Crippen LogP contribution in [0.15, 0.2) is 24.3 Å². The third kappa shape index (κ3) is 5.10. The number of piperidine rings is 1. The highest BCUT2D eigenvalue weighted by Gasteiger charge is 2.19. The summed E-state index contributed by atoms with van der Waals surface area (Å²) in [4.78, 5) is 12.9. The number of rotatable bonds is 6. The molecule has 0 atom stereocenters. The predicted octanol–water partition coefficient (Wildman–Crippen LogP) is 2.80. The largest absolute Gasteiger partial charge is 0.310 e. The lowest BCUT2D eigenvalue weighted by Crippen LogP contribution is -2.43. The molecule has 0 bridgehead atoms. The molecule has 2 rings (SSSR count). The van der Waals surface area contributed by atoms with Crippen molar-refractivity contribution in [1.29, 1.82) is 0 Å². The SMILES string of the molecule is CC(C)CN1CCC(NCc2cccc([N+](=O)[O-])c2)CC1. The van der Waals surface area contributed by atoms with Gasteiger partial charge in [-0.15, -0.1) is 0 Å². The molecule has 5 heteroatoms. The number of nitrogens with one attached hydrogen (secondary N) is 1. The Morgan fingerprint density at radius 1 is 1.38 bits per heavy atom. The van der Waals surface area contributed by atoms with Gasteiger partial charge in [-0.25, -0.2) is 0 Å². The Morgan fingerprint density at radius 2 is 2.10 bits per heavy atom. The maximum Gasteiger partial charge on any atom is 0.269 e. The Kier molecular flexibility index (Phi) is 5.70. The van der Waals surface area contributed by atoms with E-state index in [4.69, 9.17) is 0 Å². The highest BCUT2D eigenvalue weighted by molar-refractivity contribution is 5.34. The van der Waals surface area contributed by atoms with Gasteiger partial charge in [0.05, 0.1) is 4.92 Å². The molecule has 1 saturated heterocycles. The topological polar surface area (TPSA) is 58.4 Å². The van der Waals surface area contributed by atoms with E-state index >= 15 is 0 Å². The van der Waals surface area contributed by atoms with Crippen molar-refractivity contribution in [3.05, 3.63) is 39.9 Å². The molecule has 0 unspecified atom stereocenters. The first kappa shape index (κ1) is 15.9. The van der Waals surface area contributed by atoms with Crippen LogP contribution in [0.2, 0.25) is 0 Å². The third-order valence-corrected chi connectivity index (χ3v) is 3.93. The van der Waals surface area contributed by atoms with Crippen molar-refractivity contribution in [2.24, 2.45) is 5.92 Å². The molecule has 5 nitrogen and oxygen atoms in total. The average molecular weight is 291 g/mol. The van der Waals surface area contributed by atoms with Gasteiger partial charge in [-0.05, 0) is 37.4 Å². The van der Waals surface area contributed by atoms with Crippen LogP contribution in [0.3, 0.4) is 0 Å². The standard InChI is InChI=1S/C16H25N3O2/c1-13(2)12-18-8-6-15(7-9-18)17-11-14-4-3-5-16(10-14)19(20)21/h3-5,10,13,15,17H,6-9,11-12H2,1-2H3. The quantitative estimate of drug-likeness (QED) is 0.647.